The van der Waals surface area contributed by atoms with Gasteiger partial charge in [-0.25, -0.2) is 5.43 Å². The lowest BCUT2D eigenvalue weighted by Gasteiger charge is -2.06. The van der Waals surface area contributed by atoms with Crippen LogP contribution in [0.15, 0.2) is 12.7 Å². The monoisotopic (exact) mass is 169 g/mol. The lowest BCUT2D eigenvalue weighted by molar-refractivity contribution is -0.124. The van der Waals surface area contributed by atoms with E-state index in [1.54, 1.807) is 6.08 Å². The second-order valence-corrected chi connectivity index (χ2v) is 2.48. The Morgan fingerprint density at radius 2 is 2.58 bits per heavy atom. The van der Waals surface area contributed by atoms with Crippen molar-refractivity contribution in [3.63, 3.8) is 0 Å². The number of amides is 2. The molecule has 0 aromatic carbocycles. The summed E-state index contributed by atoms with van der Waals surface area (Å²) >= 11 is 0. The summed E-state index contributed by atoms with van der Waals surface area (Å²) < 4.78 is 0. The molecular weight excluding hydrogens is 158 g/mol. The molecule has 0 bridgehead atoms. The zero-order valence-corrected chi connectivity index (χ0v) is 6.59. The van der Waals surface area contributed by atoms with Crippen LogP contribution in [0.25, 0.3) is 0 Å². The third-order valence-electron chi connectivity index (χ3n) is 1.51. The van der Waals surface area contributed by atoms with E-state index in [0.29, 0.717) is 6.54 Å². The van der Waals surface area contributed by atoms with Gasteiger partial charge in [-0.1, -0.05) is 6.08 Å². The van der Waals surface area contributed by atoms with Crippen LogP contribution in [0.3, 0.4) is 0 Å². The van der Waals surface area contributed by atoms with Crippen LogP contribution in [-0.2, 0) is 9.59 Å². The molecule has 1 saturated heterocycles. The van der Waals surface area contributed by atoms with Gasteiger partial charge in [-0.05, 0) is 0 Å². The van der Waals surface area contributed by atoms with Crippen LogP contribution >= 0.6 is 0 Å². The predicted octanol–water partition coefficient (Wildman–Crippen LogP) is -1.32. The van der Waals surface area contributed by atoms with E-state index >= 15 is 0 Å². The van der Waals surface area contributed by atoms with E-state index in [9.17, 15) is 9.59 Å². The molecule has 1 heterocycles. The average Bonchev–Trinajstić information content (AvgIpc) is 2.47. The number of rotatable bonds is 3. The summed E-state index contributed by atoms with van der Waals surface area (Å²) in [6.07, 6.45) is 1.78. The van der Waals surface area contributed by atoms with Crippen LogP contribution in [-0.4, -0.2) is 24.4 Å². The van der Waals surface area contributed by atoms with E-state index < -0.39 is 6.04 Å². The Kier molecular flexibility index (Phi) is 2.82. The maximum atomic E-state index is 11.1. The summed E-state index contributed by atoms with van der Waals surface area (Å²) in [5, 5.41) is 2.58. The first-order valence-electron chi connectivity index (χ1n) is 3.67. The van der Waals surface area contributed by atoms with Crippen molar-refractivity contribution in [2.45, 2.75) is 12.5 Å². The summed E-state index contributed by atoms with van der Waals surface area (Å²) in [4.78, 5) is 21.8. The van der Waals surface area contributed by atoms with Crippen molar-refractivity contribution in [2.24, 2.45) is 0 Å². The van der Waals surface area contributed by atoms with Crippen molar-refractivity contribution in [3.8, 4) is 0 Å². The summed E-state index contributed by atoms with van der Waals surface area (Å²) in [6, 6.07) is -0.447. The third-order valence-corrected chi connectivity index (χ3v) is 1.51. The molecule has 1 unspecified atom stereocenters. The quantitative estimate of drug-likeness (QED) is 0.459. The molecule has 1 aliphatic rings. The van der Waals surface area contributed by atoms with Crippen molar-refractivity contribution >= 4 is 11.8 Å². The Morgan fingerprint density at radius 3 is 3.08 bits per heavy atom. The molecule has 1 fully saturated rings. The lowest BCUT2D eigenvalue weighted by atomic mass is 10.2. The predicted molar refractivity (Wildman–Crippen MR) is 42.9 cm³/mol. The number of hydrazine groups is 1. The first-order valence-corrected chi connectivity index (χ1v) is 3.67. The highest BCUT2D eigenvalue weighted by Crippen LogP contribution is 1.96. The molecule has 0 aromatic rings. The lowest BCUT2D eigenvalue weighted by Crippen LogP contribution is -2.43. The number of hydrogen-bond acceptors (Lipinski definition) is 3. The number of hydrogen-bond donors (Lipinski definition) is 3. The molecule has 2 amide bonds. The summed E-state index contributed by atoms with van der Waals surface area (Å²) in [5.41, 5.74) is 4.92. The largest absolute Gasteiger partial charge is 0.351 e. The molecule has 0 saturated carbocycles. The second-order valence-electron chi connectivity index (χ2n) is 2.48. The first kappa shape index (κ1) is 8.73. The molecule has 12 heavy (non-hydrogen) atoms. The Balaban J connectivity index is 2.32. The molecule has 1 atom stereocenters. The van der Waals surface area contributed by atoms with Gasteiger partial charge in [0.05, 0.1) is 6.42 Å². The molecule has 5 heteroatoms. The van der Waals surface area contributed by atoms with Crippen LogP contribution in [0.1, 0.15) is 6.42 Å². The van der Waals surface area contributed by atoms with Gasteiger partial charge in [-0.2, -0.15) is 0 Å². The highest BCUT2D eigenvalue weighted by molar-refractivity contribution is 5.90. The molecule has 0 radical (unpaired) electrons. The Morgan fingerprint density at radius 1 is 1.83 bits per heavy atom. The minimum atomic E-state index is -0.447. The van der Waals surface area contributed by atoms with Crippen LogP contribution in [0.2, 0.25) is 0 Å². The van der Waals surface area contributed by atoms with E-state index in [2.05, 4.69) is 22.7 Å². The van der Waals surface area contributed by atoms with Gasteiger partial charge in [0.2, 0.25) is 11.8 Å². The van der Waals surface area contributed by atoms with E-state index in [1.807, 2.05) is 0 Å². The third kappa shape index (κ3) is 2.06. The fourth-order valence-electron chi connectivity index (χ4n) is 0.909. The van der Waals surface area contributed by atoms with Crippen molar-refractivity contribution in [3.05, 3.63) is 12.7 Å². The van der Waals surface area contributed by atoms with E-state index in [0.717, 1.165) is 0 Å². The van der Waals surface area contributed by atoms with Gasteiger partial charge < -0.3 is 5.32 Å². The maximum absolute atomic E-state index is 11.1. The Labute approximate surface area is 70.2 Å². The molecule has 3 N–H and O–H groups in total. The van der Waals surface area contributed by atoms with Gasteiger partial charge in [-0.15, -0.1) is 6.58 Å². The van der Waals surface area contributed by atoms with E-state index in [-0.39, 0.29) is 18.2 Å². The molecule has 66 valence electrons. The molecule has 0 spiro atoms. The smallest absolute Gasteiger partial charge is 0.239 e. The van der Waals surface area contributed by atoms with Crippen molar-refractivity contribution < 1.29 is 9.59 Å². The average molecular weight is 169 g/mol. The minimum Gasteiger partial charge on any atom is -0.351 e. The fourth-order valence-corrected chi connectivity index (χ4v) is 0.909. The summed E-state index contributed by atoms with van der Waals surface area (Å²) in [7, 11) is 0. The highest BCUT2D eigenvalue weighted by atomic mass is 16.2. The minimum absolute atomic E-state index is 0.159. The first-order chi connectivity index (χ1) is 5.74. The van der Waals surface area contributed by atoms with Gasteiger partial charge >= 0.3 is 0 Å². The number of nitrogens with one attached hydrogen (secondary N) is 3. The Hall–Kier alpha value is -1.36. The SMILES string of the molecule is C=CCNC(=O)C1CC(=O)NN1. The zero-order chi connectivity index (χ0) is 8.97. The van der Waals surface area contributed by atoms with Crippen LogP contribution in [0.5, 0.6) is 0 Å². The number of carbonyl (C=O) groups excluding carboxylic acids is 2. The number of carbonyl (C=O) groups is 2. The maximum Gasteiger partial charge on any atom is 0.239 e. The zero-order valence-electron chi connectivity index (χ0n) is 6.59. The topological polar surface area (TPSA) is 70.2 Å². The van der Waals surface area contributed by atoms with Crippen molar-refractivity contribution in [2.75, 3.05) is 6.54 Å². The normalized spacial score (nSPS) is 21.7. The summed E-state index contributed by atoms with van der Waals surface area (Å²) in [5.74, 6) is -0.345. The van der Waals surface area contributed by atoms with Gasteiger partial charge in [-0.3, -0.25) is 15.0 Å². The fraction of sp³-hybridized carbons (Fsp3) is 0.429. The molecule has 0 aliphatic carbocycles. The van der Waals surface area contributed by atoms with Crippen LogP contribution in [0, 0.1) is 0 Å². The van der Waals surface area contributed by atoms with Crippen LogP contribution < -0.4 is 16.2 Å². The van der Waals surface area contributed by atoms with E-state index in [4.69, 9.17) is 0 Å². The molecule has 0 aromatic heterocycles. The van der Waals surface area contributed by atoms with Gasteiger partial charge in [0.25, 0.3) is 0 Å². The molecular formula is C7H11N3O2. The van der Waals surface area contributed by atoms with E-state index in [1.165, 1.54) is 0 Å². The standard InChI is InChI=1S/C7H11N3O2/c1-2-3-8-7(12)5-4-6(11)10-9-5/h2,5,9H,1,3-4H2,(H,8,12)(H,10,11). The van der Waals surface area contributed by atoms with Gasteiger partial charge in [0.15, 0.2) is 0 Å². The molecule has 1 rings (SSSR count). The van der Waals surface area contributed by atoms with Crippen molar-refractivity contribution in [1.29, 1.82) is 0 Å². The molecule has 1 aliphatic heterocycles. The highest BCUT2D eigenvalue weighted by Gasteiger charge is 2.26. The second kappa shape index (κ2) is 3.87. The van der Waals surface area contributed by atoms with Crippen LogP contribution in [0.4, 0.5) is 0 Å². The Bertz CT molecular complexity index is 215. The summed E-state index contributed by atoms with van der Waals surface area (Å²) in [6.45, 7) is 3.88. The van der Waals surface area contributed by atoms with Gasteiger partial charge in [0, 0.05) is 6.54 Å². The molecule has 5 nitrogen and oxygen atoms in total. The van der Waals surface area contributed by atoms with Crippen molar-refractivity contribution in [1.82, 2.24) is 16.2 Å². The van der Waals surface area contributed by atoms with Gasteiger partial charge in [0.1, 0.15) is 6.04 Å².